The molecule has 0 radical (unpaired) electrons. The molecule has 6 nitrogen and oxygen atoms in total. The van der Waals surface area contributed by atoms with Crippen molar-refractivity contribution in [1.82, 2.24) is 0 Å². The van der Waals surface area contributed by atoms with Gasteiger partial charge in [-0.2, -0.15) is 0 Å². The fourth-order valence-electron chi connectivity index (χ4n) is 1.99. The van der Waals surface area contributed by atoms with Crippen LogP contribution in [0.1, 0.15) is 10.4 Å². The van der Waals surface area contributed by atoms with E-state index in [-0.39, 0.29) is 16.1 Å². The first-order valence-electron chi connectivity index (χ1n) is 6.84. The molecule has 1 N–H and O–H groups in total. The number of hydrogen-bond acceptors (Lipinski definition) is 6. The Morgan fingerprint density at radius 3 is 2.29 bits per heavy atom. The molecule has 0 unspecified atom stereocenters. The molecule has 0 fully saturated rings. The maximum Gasteiger partial charge on any atom is 0.337 e. The van der Waals surface area contributed by atoms with Gasteiger partial charge >= 0.3 is 5.97 Å². The molecule has 0 spiro atoms. The molecule has 0 aliphatic carbocycles. The van der Waals surface area contributed by atoms with E-state index in [2.05, 4.69) is 9.46 Å². The number of ether oxygens (including phenoxy) is 2. The number of carbonyl (C=O) groups excluding carboxylic acids is 1. The molecule has 0 heterocycles. The van der Waals surface area contributed by atoms with Gasteiger partial charge in [0.05, 0.1) is 30.4 Å². The lowest BCUT2D eigenvalue weighted by Crippen LogP contribution is -2.14. The molecule has 2 aromatic rings. The maximum atomic E-state index is 12.5. The molecule has 2 rings (SSSR count). The van der Waals surface area contributed by atoms with Crippen LogP contribution < -0.4 is 9.46 Å². The molecular formula is C16H17NO5S2. The van der Waals surface area contributed by atoms with Gasteiger partial charge in [0.1, 0.15) is 5.75 Å². The summed E-state index contributed by atoms with van der Waals surface area (Å²) in [6.45, 7) is 0. The van der Waals surface area contributed by atoms with Crippen LogP contribution in [-0.4, -0.2) is 34.9 Å². The number of thioether (sulfide) groups is 1. The van der Waals surface area contributed by atoms with E-state index in [9.17, 15) is 13.2 Å². The second-order valence-electron chi connectivity index (χ2n) is 4.69. The molecule has 0 aliphatic rings. The Morgan fingerprint density at radius 1 is 1.08 bits per heavy atom. The second-order valence-corrected chi connectivity index (χ2v) is 7.25. The molecule has 0 saturated carbocycles. The van der Waals surface area contributed by atoms with Crippen LogP contribution in [0.3, 0.4) is 0 Å². The second kappa shape index (κ2) is 7.59. The van der Waals surface area contributed by atoms with Crippen LogP contribution in [0.5, 0.6) is 5.75 Å². The van der Waals surface area contributed by atoms with Crippen LogP contribution in [-0.2, 0) is 14.8 Å². The molecule has 128 valence electrons. The van der Waals surface area contributed by atoms with Crippen molar-refractivity contribution in [2.75, 3.05) is 25.2 Å². The van der Waals surface area contributed by atoms with Gasteiger partial charge in [0.2, 0.25) is 0 Å². The number of esters is 1. The zero-order valence-electron chi connectivity index (χ0n) is 13.4. The van der Waals surface area contributed by atoms with Gasteiger partial charge in [-0.1, -0.05) is 0 Å². The van der Waals surface area contributed by atoms with Gasteiger partial charge in [0, 0.05) is 4.90 Å². The van der Waals surface area contributed by atoms with Gasteiger partial charge in [-0.25, -0.2) is 13.2 Å². The van der Waals surface area contributed by atoms with Crippen molar-refractivity contribution in [3.05, 3.63) is 48.0 Å². The summed E-state index contributed by atoms with van der Waals surface area (Å²) in [4.78, 5) is 12.7. The van der Waals surface area contributed by atoms with Crippen molar-refractivity contribution >= 4 is 33.4 Å². The predicted octanol–water partition coefficient (Wildman–Crippen LogP) is 3.00. The van der Waals surface area contributed by atoms with E-state index in [0.29, 0.717) is 5.75 Å². The topological polar surface area (TPSA) is 81.7 Å². The normalized spacial score (nSPS) is 11.0. The van der Waals surface area contributed by atoms with Crippen LogP contribution in [0, 0.1) is 0 Å². The van der Waals surface area contributed by atoms with Crippen LogP contribution in [0.2, 0.25) is 0 Å². The number of methoxy groups -OCH3 is 2. The zero-order chi connectivity index (χ0) is 17.7. The number of nitrogens with one attached hydrogen (secondary N) is 1. The summed E-state index contributed by atoms with van der Waals surface area (Å²) in [7, 11) is -1.14. The van der Waals surface area contributed by atoms with E-state index < -0.39 is 16.0 Å². The van der Waals surface area contributed by atoms with Gasteiger partial charge in [-0.3, -0.25) is 4.72 Å². The average molecular weight is 367 g/mol. The van der Waals surface area contributed by atoms with Gasteiger partial charge in [0.15, 0.2) is 0 Å². The molecule has 0 saturated heterocycles. The predicted molar refractivity (Wildman–Crippen MR) is 93.4 cm³/mol. The molecule has 0 atom stereocenters. The minimum Gasteiger partial charge on any atom is -0.495 e. The first kappa shape index (κ1) is 18.2. The van der Waals surface area contributed by atoms with Gasteiger partial charge in [-0.15, -0.1) is 11.8 Å². The third-order valence-electron chi connectivity index (χ3n) is 3.23. The minimum absolute atomic E-state index is 0.117. The third-order valence-corrected chi connectivity index (χ3v) is 5.36. The fraction of sp³-hybridized carbons (Fsp3) is 0.188. The Kier molecular flexibility index (Phi) is 5.74. The van der Waals surface area contributed by atoms with E-state index in [1.807, 2.05) is 6.26 Å². The highest BCUT2D eigenvalue weighted by Crippen LogP contribution is 2.28. The van der Waals surface area contributed by atoms with Gasteiger partial charge in [-0.05, 0) is 48.7 Å². The summed E-state index contributed by atoms with van der Waals surface area (Å²) in [6, 6.07) is 10.9. The number of sulfonamides is 1. The SMILES string of the molecule is COC(=O)c1ccc(OC)c(NS(=O)(=O)c2ccc(SC)cc2)c1. The molecule has 0 bridgehead atoms. The highest BCUT2D eigenvalue weighted by molar-refractivity contribution is 7.98. The van der Waals surface area contributed by atoms with Crippen molar-refractivity contribution < 1.29 is 22.7 Å². The standard InChI is InChI=1S/C16H17NO5S2/c1-21-15-9-4-11(16(18)22-2)10-14(15)17-24(19,20)13-7-5-12(23-3)6-8-13/h4-10,17H,1-3H3. The summed E-state index contributed by atoms with van der Waals surface area (Å²) in [5.41, 5.74) is 0.378. The summed E-state index contributed by atoms with van der Waals surface area (Å²) in [5, 5.41) is 0. The van der Waals surface area contributed by atoms with E-state index in [1.165, 1.54) is 56.3 Å². The van der Waals surface area contributed by atoms with Gasteiger partial charge in [0.25, 0.3) is 10.0 Å². The number of benzene rings is 2. The first-order chi connectivity index (χ1) is 11.4. The van der Waals surface area contributed by atoms with E-state index in [4.69, 9.17) is 4.74 Å². The largest absolute Gasteiger partial charge is 0.495 e. The van der Waals surface area contributed by atoms with E-state index >= 15 is 0 Å². The molecule has 8 heteroatoms. The van der Waals surface area contributed by atoms with Crippen LogP contribution in [0.15, 0.2) is 52.3 Å². The van der Waals surface area contributed by atoms with E-state index in [1.54, 1.807) is 12.1 Å². The number of rotatable bonds is 6. The number of hydrogen-bond donors (Lipinski definition) is 1. The number of carbonyl (C=O) groups is 1. The highest BCUT2D eigenvalue weighted by Gasteiger charge is 2.18. The highest BCUT2D eigenvalue weighted by atomic mass is 32.2. The average Bonchev–Trinajstić information content (AvgIpc) is 2.60. The fourth-order valence-corrected chi connectivity index (χ4v) is 3.46. The number of anilines is 1. The van der Waals surface area contributed by atoms with Crippen LogP contribution >= 0.6 is 11.8 Å². The monoisotopic (exact) mass is 367 g/mol. The van der Waals surface area contributed by atoms with Crippen molar-refractivity contribution in [1.29, 1.82) is 0 Å². The molecular weight excluding hydrogens is 350 g/mol. The quantitative estimate of drug-likeness (QED) is 0.624. The lowest BCUT2D eigenvalue weighted by Gasteiger charge is -2.13. The van der Waals surface area contributed by atoms with Crippen molar-refractivity contribution in [3.63, 3.8) is 0 Å². The molecule has 2 aromatic carbocycles. The summed E-state index contributed by atoms with van der Waals surface area (Å²) < 4.78 is 37.3. The lowest BCUT2D eigenvalue weighted by atomic mass is 10.2. The molecule has 24 heavy (non-hydrogen) atoms. The van der Waals surface area contributed by atoms with Crippen LogP contribution in [0.4, 0.5) is 5.69 Å². The molecule has 0 amide bonds. The molecule has 0 aliphatic heterocycles. The summed E-state index contributed by atoms with van der Waals surface area (Å²) in [5.74, 6) is -0.269. The third kappa shape index (κ3) is 4.01. The molecule has 0 aromatic heterocycles. The Labute approximate surface area is 145 Å². The smallest absolute Gasteiger partial charge is 0.337 e. The summed E-state index contributed by atoms with van der Waals surface area (Å²) in [6.07, 6.45) is 1.91. The zero-order valence-corrected chi connectivity index (χ0v) is 15.0. The summed E-state index contributed by atoms with van der Waals surface area (Å²) >= 11 is 1.52. The Hall–Kier alpha value is -2.19. The van der Waals surface area contributed by atoms with Crippen molar-refractivity contribution in [2.45, 2.75) is 9.79 Å². The van der Waals surface area contributed by atoms with Crippen LogP contribution in [0.25, 0.3) is 0 Å². The lowest BCUT2D eigenvalue weighted by molar-refractivity contribution is 0.0600. The van der Waals surface area contributed by atoms with Crippen molar-refractivity contribution in [2.24, 2.45) is 0 Å². The van der Waals surface area contributed by atoms with Crippen molar-refractivity contribution in [3.8, 4) is 5.75 Å². The van der Waals surface area contributed by atoms with E-state index in [0.717, 1.165) is 4.90 Å². The first-order valence-corrected chi connectivity index (χ1v) is 9.55. The Balaban J connectivity index is 2.38. The Bertz CT molecular complexity index is 832. The minimum atomic E-state index is -3.81. The van der Waals surface area contributed by atoms with Gasteiger partial charge < -0.3 is 9.47 Å². The Morgan fingerprint density at radius 2 is 1.75 bits per heavy atom. The maximum absolute atomic E-state index is 12.5.